The molecule has 7 heteroatoms. The maximum atomic E-state index is 13.5. The number of benzene rings is 3. The second kappa shape index (κ2) is 13.6. The fraction of sp³-hybridized carbons (Fsp3) is 0.303. The third kappa shape index (κ3) is 6.42. The first-order valence-corrected chi connectivity index (χ1v) is 14.0. The Kier molecular flexibility index (Phi) is 9.73. The zero-order valence-electron chi connectivity index (χ0n) is 23.4. The number of anilines is 1. The Morgan fingerprint density at radius 2 is 1.65 bits per heavy atom. The number of nitrogens with zero attached hydrogens (tertiary/aromatic N) is 1. The molecular formula is C33H37N3O4. The molecule has 1 aliphatic rings. The minimum absolute atomic E-state index is 0.115. The van der Waals surface area contributed by atoms with Crippen molar-refractivity contribution in [2.75, 3.05) is 18.5 Å². The second-order valence-electron chi connectivity index (χ2n) is 9.72. The topological polar surface area (TPSA) is 87.7 Å². The molecule has 0 fully saturated rings. The number of urea groups is 1. The van der Waals surface area contributed by atoms with Crippen molar-refractivity contribution in [3.63, 3.8) is 0 Å². The van der Waals surface area contributed by atoms with Crippen molar-refractivity contribution < 1.29 is 19.1 Å². The summed E-state index contributed by atoms with van der Waals surface area (Å²) in [7, 11) is 0. The average molecular weight is 540 g/mol. The molecule has 0 saturated heterocycles. The zero-order valence-corrected chi connectivity index (χ0v) is 23.4. The Bertz CT molecular complexity index is 1350. The van der Waals surface area contributed by atoms with Crippen LogP contribution in [0, 0.1) is 0 Å². The summed E-state index contributed by atoms with van der Waals surface area (Å²) in [6.07, 6.45) is 2.33. The zero-order chi connectivity index (χ0) is 28.5. The molecule has 208 valence electrons. The van der Waals surface area contributed by atoms with Crippen molar-refractivity contribution in [3.05, 3.63) is 107 Å². The van der Waals surface area contributed by atoms with E-state index in [1.54, 1.807) is 11.8 Å². The van der Waals surface area contributed by atoms with Gasteiger partial charge < -0.3 is 15.4 Å². The Morgan fingerprint density at radius 1 is 0.950 bits per heavy atom. The highest BCUT2D eigenvalue weighted by atomic mass is 16.5. The minimum Gasteiger partial charge on any atom is -0.463 e. The van der Waals surface area contributed by atoms with Crippen molar-refractivity contribution in [3.8, 4) is 0 Å². The lowest BCUT2D eigenvalue weighted by Crippen LogP contribution is -2.48. The Morgan fingerprint density at radius 3 is 2.30 bits per heavy atom. The summed E-state index contributed by atoms with van der Waals surface area (Å²) in [5.74, 6) is -0.904. The highest BCUT2D eigenvalue weighted by Gasteiger charge is 2.38. The monoisotopic (exact) mass is 539 g/mol. The number of amides is 3. The number of carbonyl (C=O) groups excluding carboxylic acids is 3. The van der Waals surface area contributed by atoms with E-state index >= 15 is 0 Å². The van der Waals surface area contributed by atoms with Crippen LogP contribution in [0.15, 0.2) is 90.5 Å². The number of ether oxygens (including phenoxy) is 1. The lowest BCUT2D eigenvalue weighted by Gasteiger charge is -2.37. The van der Waals surface area contributed by atoms with Crippen molar-refractivity contribution >= 4 is 29.3 Å². The maximum Gasteiger partial charge on any atom is 0.338 e. The third-order valence-corrected chi connectivity index (χ3v) is 7.02. The fourth-order valence-electron chi connectivity index (χ4n) is 5.05. The van der Waals surface area contributed by atoms with Crippen LogP contribution in [0.5, 0.6) is 0 Å². The largest absolute Gasteiger partial charge is 0.463 e. The molecule has 3 aromatic rings. The van der Waals surface area contributed by atoms with Crippen molar-refractivity contribution in [2.24, 2.45) is 0 Å². The molecule has 0 bridgehead atoms. The normalized spacial score (nSPS) is 15.8. The molecule has 0 spiro atoms. The molecule has 0 aromatic heterocycles. The lowest BCUT2D eigenvalue weighted by molar-refractivity contribution is -0.139. The number of rotatable bonds is 11. The van der Waals surface area contributed by atoms with Crippen LogP contribution in [0.2, 0.25) is 0 Å². The molecule has 2 atom stereocenters. The number of hydrogen-bond donors (Lipinski definition) is 2. The van der Waals surface area contributed by atoms with Gasteiger partial charge in [0.05, 0.1) is 29.8 Å². The van der Waals surface area contributed by atoms with Crippen molar-refractivity contribution in [1.29, 1.82) is 0 Å². The summed E-state index contributed by atoms with van der Waals surface area (Å²) in [5, 5.41) is 6.07. The van der Waals surface area contributed by atoms with Gasteiger partial charge in [-0.25, -0.2) is 9.59 Å². The summed E-state index contributed by atoms with van der Waals surface area (Å²) in [5.41, 5.74) is 3.88. The number of nitrogens with one attached hydrogen (secondary N) is 2. The van der Waals surface area contributed by atoms with Gasteiger partial charge in [0.1, 0.15) is 0 Å². The van der Waals surface area contributed by atoms with E-state index in [1.807, 2.05) is 91.9 Å². The van der Waals surface area contributed by atoms with Gasteiger partial charge in [-0.1, -0.05) is 93.1 Å². The van der Waals surface area contributed by atoms with Crippen LogP contribution in [0.4, 0.5) is 10.5 Å². The summed E-state index contributed by atoms with van der Waals surface area (Å²) in [6.45, 7) is 6.48. The van der Waals surface area contributed by atoms with Gasteiger partial charge in [0.2, 0.25) is 5.91 Å². The van der Waals surface area contributed by atoms with Crippen LogP contribution in [0.3, 0.4) is 0 Å². The number of carbonyl (C=O) groups is 3. The minimum atomic E-state index is -0.757. The summed E-state index contributed by atoms with van der Waals surface area (Å²) in [6, 6.07) is 25.4. The van der Waals surface area contributed by atoms with Gasteiger partial charge in [-0.3, -0.25) is 9.69 Å². The van der Waals surface area contributed by atoms with Crippen molar-refractivity contribution in [2.45, 2.75) is 52.0 Å². The highest BCUT2D eigenvalue weighted by molar-refractivity contribution is 6.05. The number of unbranched alkanes of at least 4 members (excludes halogenated alkanes) is 1. The molecule has 0 unspecified atom stereocenters. The molecular weight excluding hydrogens is 502 g/mol. The molecule has 3 aromatic carbocycles. The first-order valence-electron chi connectivity index (χ1n) is 14.0. The van der Waals surface area contributed by atoms with Gasteiger partial charge in [-0.05, 0) is 48.6 Å². The summed E-state index contributed by atoms with van der Waals surface area (Å²) < 4.78 is 5.52. The van der Waals surface area contributed by atoms with E-state index in [1.165, 1.54) is 0 Å². The lowest BCUT2D eigenvalue weighted by atomic mass is 9.91. The Balaban J connectivity index is 1.75. The van der Waals surface area contributed by atoms with E-state index in [0.717, 1.165) is 24.0 Å². The van der Waals surface area contributed by atoms with Crippen LogP contribution in [0.25, 0.3) is 5.70 Å². The van der Waals surface area contributed by atoms with Gasteiger partial charge in [0, 0.05) is 12.2 Å². The number of hydrogen-bond acceptors (Lipinski definition) is 4. The molecule has 40 heavy (non-hydrogen) atoms. The van der Waals surface area contributed by atoms with E-state index in [9.17, 15) is 14.4 Å². The smallest absolute Gasteiger partial charge is 0.338 e. The molecule has 0 aliphatic carbocycles. The van der Waals surface area contributed by atoms with Crippen LogP contribution in [-0.2, 0) is 14.3 Å². The van der Waals surface area contributed by atoms with Gasteiger partial charge >= 0.3 is 12.0 Å². The quantitative estimate of drug-likeness (QED) is 0.267. The standard InChI is InChI=1S/C33H37N3O4/c1-4-7-21-36-30(24-17-12-9-13-18-24)28(32(38)40-6-3)29(35-33(36)39)25-19-14-20-26(22-25)34-31(37)27(5-2)23-15-10-8-11-16-23/h8-20,22,27,29H,4-7,21H2,1-3H3,(H,34,37)(H,35,39)/t27-,29+/m0/s1. The van der Waals surface area contributed by atoms with Crippen LogP contribution < -0.4 is 10.6 Å². The van der Waals surface area contributed by atoms with Gasteiger partial charge in [-0.15, -0.1) is 0 Å². The third-order valence-electron chi connectivity index (χ3n) is 7.02. The van der Waals surface area contributed by atoms with E-state index < -0.39 is 12.0 Å². The fourth-order valence-corrected chi connectivity index (χ4v) is 5.05. The molecule has 0 saturated carbocycles. The second-order valence-corrected chi connectivity index (χ2v) is 9.72. The molecule has 1 heterocycles. The van der Waals surface area contributed by atoms with E-state index in [2.05, 4.69) is 17.6 Å². The molecule has 2 N–H and O–H groups in total. The van der Waals surface area contributed by atoms with Crippen LogP contribution in [0.1, 0.15) is 68.7 Å². The SMILES string of the molecule is CCCCN1C(=O)N[C@H](c2cccc(NC(=O)[C@@H](CC)c3ccccc3)c2)C(C(=O)OCC)=C1c1ccccc1. The van der Waals surface area contributed by atoms with Gasteiger partial charge in [0.25, 0.3) is 0 Å². The molecule has 4 rings (SSSR count). The molecule has 7 nitrogen and oxygen atoms in total. The first kappa shape index (κ1) is 28.6. The number of esters is 1. The maximum absolute atomic E-state index is 13.5. The summed E-state index contributed by atoms with van der Waals surface area (Å²) in [4.78, 5) is 41.9. The van der Waals surface area contributed by atoms with Crippen LogP contribution >= 0.6 is 0 Å². The molecule has 3 amide bonds. The van der Waals surface area contributed by atoms with E-state index in [0.29, 0.717) is 35.5 Å². The predicted octanol–water partition coefficient (Wildman–Crippen LogP) is 6.66. The highest BCUT2D eigenvalue weighted by Crippen LogP contribution is 2.37. The predicted molar refractivity (Wildman–Crippen MR) is 157 cm³/mol. The van der Waals surface area contributed by atoms with Gasteiger partial charge in [-0.2, -0.15) is 0 Å². The van der Waals surface area contributed by atoms with Crippen molar-refractivity contribution in [1.82, 2.24) is 10.2 Å². The van der Waals surface area contributed by atoms with E-state index in [-0.39, 0.29) is 24.5 Å². The molecule has 1 aliphatic heterocycles. The van der Waals surface area contributed by atoms with Gasteiger partial charge in [0.15, 0.2) is 0 Å². The first-order chi connectivity index (χ1) is 19.5. The Hall–Kier alpha value is -4.39. The molecule has 0 radical (unpaired) electrons. The van der Waals surface area contributed by atoms with E-state index in [4.69, 9.17) is 4.74 Å². The Labute approximate surface area is 236 Å². The average Bonchev–Trinajstić information content (AvgIpc) is 2.97. The summed E-state index contributed by atoms with van der Waals surface area (Å²) >= 11 is 0. The van der Waals surface area contributed by atoms with Crippen LogP contribution in [-0.4, -0.2) is 36.0 Å².